The van der Waals surface area contributed by atoms with Crippen LogP contribution < -0.4 is 11.3 Å². The van der Waals surface area contributed by atoms with Gasteiger partial charge in [0.15, 0.2) is 0 Å². The highest BCUT2D eigenvalue weighted by molar-refractivity contribution is 5.59. The zero-order valence-corrected chi connectivity index (χ0v) is 8.15. The molecule has 0 aliphatic carbocycles. The summed E-state index contributed by atoms with van der Waals surface area (Å²) >= 11 is 0. The van der Waals surface area contributed by atoms with Crippen LogP contribution in [-0.2, 0) is 13.5 Å². The van der Waals surface area contributed by atoms with E-state index in [4.69, 9.17) is 5.84 Å². The number of nitro groups is 1. The quantitative estimate of drug-likeness (QED) is 0.419. The van der Waals surface area contributed by atoms with Crippen LogP contribution in [0.2, 0.25) is 0 Å². The number of hydrazine groups is 1. The van der Waals surface area contributed by atoms with Gasteiger partial charge in [-0.15, -0.1) is 0 Å². The average Bonchev–Trinajstić information content (AvgIpc) is 2.42. The monoisotopic (exact) mass is 199 g/mol. The van der Waals surface area contributed by atoms with Crippen molar-refractivity contribution in [3.8, 4) is 0 Å². The topological polar surface area (TPSA) is 99.0 Å². The van der Waals surface area contributed by atoms with Crippen molar-refractivity contribution < 1.29 is 4.92 Å². The Hall–Kier alpha value is -1.63. The molecule has 0 saturated carbocycles. The van der Waals surface area contributed by atoms with Gasteiger partial charge in [-0.1, -0.05) is 13.3 Å². The largest absolute Gasteiger partial charge is 0.335 e. The predicted octanol–water partition coefficient (Wildman–Crippen LogP) is 0.566. The molecule has 1 rings (SSSR count). The summed E-state index contributed by atoms with van der Waals surface area (Å²) in [6, 6.07) is 0. The van der Waals surface area contributed by atoms with Crippen molar-refractivity contribution in [1.82, 2.24) is 9.78 Å². The first-order valence-corrected chi connectivity index (χ1v) is 4.28. The first kappa shape index (κ1) is 10.5. The number of hydrogen-bond acceptors (Lipinski definition) is 5. The molecule has 0 aliphatic heterocycles. The summed E-state index contributed by atoms with van der Waals surface area (Å²) in [6.45, 7) is 1.94. The van der Waals surface area contributed by atoms with Gasteiger partial charge in [0.05, 0.1) is 4.92 Å². The molecule has 78 valence electrons. The Kier molecular flexibility index (Phi) is 3.03. The standard InChI is InChI=1S/C7H13N5O2/c1-3-4-5-6(12(13)14)7(9-8)11(2)10-5/h9H,3-4,8H2,1-2H3. The van der Waals surface area contributed by atoms with Crippen molar-refractivity contribution in [2.75, 3.05) is 5.43 Å². The fraction of sp³-hybridized carbons (Fsp3) is 0.571. The smallest absolute Gasteiger partial charge is 0.303 e. The molecule has 0 aromatic carbocycles. The molecule has 0 aliphatic rings. The van der Waals surface area contributed by atoms with E-state index in [-0.39, 0.29) is 11.5 Å². The Labute approximate surface area is 81.0 Å². The third-order valence-corrected chi connectivity index (χ3v) is 1.90. The molecule has 0 bridgehead atoms. The van der Waals surface area contributed by atoms with E-state index < -0.39 is 4.92 Å². The van der Waals surface area contributed by atoms with E-state index >= 15 is 0 Å². The third kappa shape index (κ3) is 1.67. The van der Waals surface area contributed by atoms with Crippen LogP contribution in [0.3, 0.4) is 0 Å². The summed E-state index contributed by atoms with van der Waals surface area (Å²) in [7, 11) is 1.61. The second kappa shape index (κ2) is 4.05. The van der Waals surface area contributed by atoms with Crippen LogP contribution in [-0.4, -0.2) is 14.7 Å². The van der Waals surface area contributed by atoms with Gasteiger partial charge in [0.1, 0.15) is 5.69 Å². The molecule has 1 aromatic heterocycles. The number of rotatable bonds is 4. The lowest BCUT2D eigenvalue weighted by molar-refractivity contribution is -0.384. The second-order valence-corrected chi connectivity index (χ2v) is 2.92. The molecule has 7 heteroatoms. The first-order chi connectivity index (χ1) is 6.61. The second-order valence-electron chi connectivity index (χ2n) is 2.92. The Morgan fingerprint density at radius 1 is 1.71 bits per heavy atom. The maximum atomic E-state index is 10.7. The van der Waals surface area contributed by atoms with Gasteiger partial charge in [0.2, 0.25) is 5.82 Å². The Morgan fingerprint density at radius 2 is 2.36 bits per heavy atom. The summed E-state index contributed by atoms with van der Waals surface area (Å²) in [5.41, 5.74) is 2.72. The number of aromatic nitrogens is 2. The van der Waals surface area contributed by atoms with E-state index in [2.05, 4.69) is 10.5 Å². The van der Waals surface area contributed by atoms with Gasteiger partial charge in [-0.05, 0) is 6.42 Å². The Bertz CT molecular complexity index is 346. The van der Waals surface area contributed by atoms with E-state index in [1.165, 1.54) is 4.68 Å². The molecule has 1 aromatic rings. The van der Waals surface area contributed by atoms with Crippen molar-refractivity contribution in [2.45, 2.75) is 19.8 Å². The van der Waals surface area contributed by atoms with Crippen LogP contribution in [0.4, 0.5) is 11.5 Å². The number of nitrogen functional groups attached to an aromatic ring is 1. The van der Waals surface area contributed by atoms with E-state index in [0.29, 0.717) is 12.1 Å². The molecular formula is C7H13N5O2. The van der Waals surface area contributed by atoms with Gasteiger partial charge in [0, 0.05) is 7.05 Å². The van der Waals surface area contributed by atoms with E-state index in [0.717, 1.165) is 6.42 Å². The summed E-state index contributed by atoms with van der Waals surface area (Å²) in [5.74, 6) is 5.42. The number of nitrogens with one attached hydrogen (secondary N) is 1. The zero-order chi connectivity index (χ0) is 10.7. The highest BCUT2D eigenvalue weighted by Gasteiger charge is 2.25. The predicted molar refractivity (Wildman–Crippen MR) is 51.7 cm³/mol. The average molecular weight is 199 g/mol. The van der Waals surface area contributed by atoms with Gasteiger partial charge in [-0.3, -0.25) is 10.1 Å². The minimum atomic E-state index is -0.465. The van der Waals surface area contributed by atoms with Gasteiger partial charge >= 0.3 is 5.69 Å². The zero-order valence-electron chi connectivity index (χ0n) is 8.15. The molecule has 0 radical (unpaired) electrons. The molecule has 0 saturated heterocycles. The molecule has 3 N–H and O–H groups in total. The third-order valence-electron chi connectivity index (χ3n) is 1.90. The van der Waals surface area contributed by atoms with Crippen molar-refractivity contribution in [1.29, 1.82) is 0 Å². The molecule has 1 heterocycles. The maximum absolute atomic E-state index is 10.7. The lowest BCUT2D eigenvalue weighted by Crippen LogP contribution is -2.12. The van der Waals surface area contributed by atoms with E-state index in [9.17, 15) is 10.1 Å². The molecule has 0 amide bonds. The maximum Gasteiger partial charge on any atom is 0.335 e. The normalized spacial score (nSPS) is 10.2. The Morgan fingerprint density at radius 3 is 2.79 bits per heavy atom. The summed E-state index contributed by atoms with van der Waals surface area (Å²) in [5, 5.41) is 14.8. The fourth-order valence-electron chi connectivity index (χ4n) is 1.33. The summed E-state index contributed by atoms with van der Waals surface area (Å²) in [4.78, 5) is 10.3. The van der Waals surface area contributed by atoms with Crippen molar-refractivity contribution in [3.63, 3.8) is 0 Å². The summed E-state index contributed by atoms with van der Waals surface area (Å²) in [6.07, 6.45) is 1.38. The number of aryl methyl sites for hydroxylation is 2. The van der Waals surface area contributed by atoms with Gasteiger partial charge < -0.3 is 5.43 Å². The lowest BCUT2D eigenvalue weighted by Gasteiger charge is -1.97. The van der Waals surface area contributed by atoms with Crippen LogP contribution in [0.1, 0.15) is 19.0 Å². The number of nitrogens with two attached hydrogens (primary N) is 1. The van der Waals surface area contributed by atoms with Crippen LogP contribution in [0.25, 0.3) is 0 Å². The molecule has 0 atom stereocenters. The van der Waals surface area contributed by atoms with E-state index in [1.54, 1.807) is 7.05 Å². The molecule has 0 fully saturated rings. The van der Waals surface area contributed by atoms with Crippen LogP contribution in [0, 0.1) is 10.1 Å². The number of anilines is 1. The highest BCUT2D eigenvalue weighted by Crippen LogP contribution is 2.27. The molecule has 14 heavy (non-hydrogen) atoms. The minimum Gasteiger partial charge on any atom is -0.303 e. The van der Waals surface area contributed by atoms with Crippen LogP contribution in [0.5, 0.6) is 0 Å². The lowest BCUT2D eigenvalue weighted by atomic mass is 10.2. The van der Waals surface area contributed by atoms with Gasteiger partial charge in [0.25, 0.3) is 0 Å². The number of hydrogen-bond donors (Lipinski definition) is 2. The Balaban J connectivity index is 3.22. The number of nitrogens with zero attached hydrogens (tertiary/aromatic N) is 3. The molecular weight excluding hydrogens is 186 g/mol. The summed E-state index contributed by atoms with van der Waals surface area (Å²) < 4.78 is 1.38. The van der Waals surface area contributed by atoms with Gasteiger partial charge in [-0.2, -0.15) is 5.10 Å². The van der Waals surface area contributed by atoms with E-state index in [1.807, 2.05) is 6.92 Å². The van der Waals surface area contributed by atoms with Crippen LogP contribution in [0.15, 0.2) is 0 Å². The minimum absolute atomic E-state index is 0.0307. The van der Waals surface area contributed by atoms with Crippen molar-refractivity contribution >= 4 is 11.5 Å². The molecule has 7 nitrogen and oxygen atoms in total. The SMILES string of the molecule is CCCc1nn(C)c(NN)c1[N+](=O)[O-]. The fourth-order valence-corrected chi connectivity index (χ4v) is 1.33. The van der Waals surface area contributed by atoms with Crippen molar-refractivity contribution in [3.05, 3.63) is 15.8 Å². The highest BCUT2D eigenvalue weighted by atomic mass is 16.6. The molecule has 0 unspecified atom stereocenters. The van der Waals surface area contributed by atoms with Crippen LogP contribution >= 0.6 is 0 Å². The molecule has 0 spiro atoms. The van der Waals surface area contributed by atoms with Crippen molar-refractivity contribution in [2.24, 2.45) is 12.9 Å². The first-order valence-electron chi connectivity index (χ1n) is 4.28. The van der Waals surface area contributed by atoms with Gasteiger partial charge in [-0.25, -0.2) is 10.5 Å².